The summed E-state index contributed by atoms with van der Waals surface area (Å²) in [7, 11) is 0. The average molecular weight is 383 g/mol. The molecular formula is C20H25N5O3. The Labute approximate surface area is 164 Å². The minimum absolute atomic E-state index is 0.0413. The van der Waals surface area contributed by atoms with Crippen molar-refractivity contribution >= 4 is 17.8 Å². The molecule has 1 saturated heterocycles. The van der Waals surface area contributed by atoms with Crippen LogP contribution < -0.4 is 10.6 Å². The number of nitrogens with zero attached hydrogens (tertiary/aromatic N) is 3. The summed E-state index contributed by atoms with van der Waals surface area (Å²) in [5.74, 6) is 0.505. The average Bonchev–Trinajstić information content (AvgIpc) is 2.74. The Morgan fingerprint density at radius 2 is 1.93 bits per heavy atom. The number of carbonyl (C=O) groups excluding carboxylic acids is 2. The van der Waals surface area contributed by atoms with Gasteiger partial charge in [0.2, 0.25) is 0 Å². The zero-order chi connectivity index (χ0) is 19.8. The molecular weight excluding hydrogens is 358 g/mol. The summed E-state index contributed by atoms with van der Waals surface area (Å²) in [5.41, 5.74) is 1.64. The molecule has 0 atom stereocenters. The minimum Gasteiger partial charge on any atom is -0.450 e. The van der Waals surface area contributed by atoms with E-state index in [4.69, 9.17) is 4.74 Å². The van der Waals surface area contributed by atoms with Crippen molar-refractivity contribution in [3.05, 3.63) is 54.0 Å². The minimum atomic E-state index is -0.286. The van der Waals surface area contributed by atoms with Gasteiger partial charge in [-0.2, -0.15) is 0 Å². The van der Waals surface area contributed by atoms with Crippen LogP contribution >= 0.6 is 0 Å². The van der Waals surface area contributed by atoms with Crippen LogP contribution in [0, 0.1) is 0 Å². The Morgan fingerprint density at radius 1 is 1.18 bits per heavy atom. The Hall–Kier alpha value is -3.16. The van der Waals surface area contributed by atoms with Gasteiger partial charge >= 0.3 is 6.09 Å². The fraction of sp³-hybridized carbons (Fsp3) is 0.400. The standard InChI is InChI=1S/C20H25N5O3/c1-2-28-20(27)25-11-6-17(7-12-25)24-19(26)16-5-10-22-18(13-16)23-14-15-3-8-21-9-4-15/h3-5,8-10,13,17H,2,6-7,11-12,14H2,1H3,(H,22,23)(H,24,26). The Morgan fingerprint density at radius 3 is 2.64 bits per heavy atom. The SMILES string of the molecule is CCOC(=O)N1CCC(NC(=O)c2ccnc(NCc3ccncc3)c2)CC1. The van der Waals surface area contributed by atoms with Crippen molar-refractivity contribution in [2.75, 3.05) is 25.0 Å². The summed E-state index contributed by atoms with van der Waals surface area (Å²) in [4.78, 5) is 34.3. The monoisotopic (exact) mass is 383 g/mol. The van der Waals surface area contributed by atoms with Crippen LogP contribution in [0.4, 0.5) is 10.6 Å². The van der Waals surface area contributed by atoms with Gasteiger partial charge < -0.3 is 20.3 Å². The van der Waals surface area contributed by atoms with Crippen LogP contribution in [-0.2, 0) is 11.3 Å². The second-order valence-electron chi connectivity index (χ2n) is 6.57. The van der Waals surface area contributed by atoms with Gasteiger partial charge in [-0.3, -0.25) is 9.78 Å². The summed E-state index contributed by atoms with van der Waals surface area (Å²) < 4.78 is 5.02. The van der Waals surface area contributed by atoms with Crippen LogP contribution in [0.25, 0.3) is 0 Å². The molecule has 3 heterocycles. The van der Waals surface area contributed by atoms with Crippen molar-refractivity contribution < 1.29 is 14.3 Å². The van der Waals surface area contributed by atoms with E-state index in [-0.39, 0.29) is 18.0 Å². The van der Waals surface area contributed by atoms with Crippen LogP contribution in [0.2, 0.25) is 0 Å². The first-order chi connectivity index (χ1) is 13.7. The molecule has 0 aliphatic carbocycles. The zero-order valence-electron chi connectivity index (χ0n) is 15.9. The van der Waals surface area contributed by atoms with Gasteiger partial charge in [0, 0.05) is 49.8 Å². The first kappa shape index (κ1) is 19.6. The number of aromatic nitrogens is 2. The highest BCUT2D eigenvalue weighted by atomic mass is 16.6. The predicted molar refractivity (Wildman–Crippen MR) is 105 cm³/mol. The third-order valence-corrected chi connectivity index (χ3v) is 4.60. The maximum Gasteiger partial charge on any atom is 0.409 e. The first-order valence-corrected chi connectivity index (χ1v) is 9.47. The van der Waals surface area contributed by atoms with E-state index in [9.17, 15) is 9.59 Å². The number of nitrogens with one attached hydrogen (secondary N) is 2. The molecule has 1 aliphatic heterocycles. The van der Waals surface area contributed by atoms with E-state index in [0.29, 0.717) is 50.5 Å². The Kier molecular flexibility index (Phi) is 6.78. The van der Waals surface area contributed by atoms with E-state index in [1.165, 1.54) is 0 Å². The van der Waals surface area contributed by atoms with Gasteiger partial charge in [0.1, 0.15) is 5.82 Å². The molecule has 2 aromatic heterocycles. The lowest BCUT2D eigenvalue weighted by Crippen LogP contribution is -2.46. The molecule has 0 saturated carbocycles. The van der Waals surface area contributed by atoms with Gasteiger partial charge in [-0.05, 0) is 49.6 Å². The molecule has 0 bridgehead atoms. The number of hydrogen-bond donors (Lipinski definition) is 2. The number of pyridine rings is 2. The number of piperidine rings is 1. The van der Waals surface area contributed by atoms with Gasteiger partial charge in [0.25, 0.3) is 5.91 Å². The van der Waals surface area contributed by atoms with Gasteiger partial charge in [-0.25, -0.2) is 9.78 Å². The van der Waals surface area contributed by atoms with Gasteiger partial charge in [0.05, 0.1) is 6.61 Å². The summed E-state index contributed by atoms with van der Waals surface area (Å²) in [6.07, 6.45) is 6.23. The lowest BCUT2D eigenvalue weighted by atomic mass is 10.0. The lowest BCUT2D eigenvalue weighted by Gasteiger charge is -2.31. The second-order valence-corrected chi connectivity index (χ2v) is 6.57. The maximum atomic E-state index is 12.6. The molecule has 2 amide bonds. The second kappa shape index (κ2) is 9.68. The number of rotatable bonds is 6. The van der Waals surface area contributed by atoms with Crippen LogP contribution in [0.1, 0.15) is 35.7 Å². The summed E-state index contributed by atoms with van der Waals surface area (Å²) >= 11 is 0. The Bertz CT molecular complexity index is 791. The van der Waals surface area contributed by atoms with Crippen LogP contribution in [-0.4, -0.2) is 52.6 Å². The van der Waals surface area contributed by atoms with E-state index in [0.717, 1.165) is 5.56 Å². The predicted octanol–water partition coefficient (Wildman–Crippen LogP) is 2.44. The quantitative estimate of drug-likeness (QED) is 0.795. The highest BCUT2D eigenvalue weighted by Gasteiger charge is 2.24. The van der Waals surface area contributed by atoms with Crippen molar-refractivity contribution in [2.24, 2.45) is 0 Å². The zero-order valence-corrected chi connectivity index (χ0v) is 15.9. The van der Waals surface area contributed by atoms with Crippen LogP contribution in [0.15, 0.2) is 42.9 Å². The van der Waals surface area contributed by atoms with Crippen molar-refractivity contribution in [3.8, 4) is 0 Å². The highest BCUT2D eigenvalue weighted by molar-refractivity contribution is 5.95. The van der Waals surface area contributed by atoms with E-state index < -0.39 is 0 Å². The number of amides is 2. The van der Waals surface area contributed by atoms with Crippen molar-refractivity contribution in [2.45, 2.75) is 32.4 Å². The summed E-state index contributed by atoms with van der Waals surface area (Å²) in [5, 5.41) is 6.26. The molecule has 0 radical (unpaired) electrons. The smallest absolute Gasteiger partial charge is 0.409 e. The first-order valence-electron chi connectivity index (χ1n) is 9.47. The fourth-order valence-corrected chi connectivity index (χ4v) is 3.05. The van der Waals surface area contributed by atoms with Crippen molar-refractivity contribution in [1.82, 2.24) is 20.2 Å². The number of likely N-dealkylation sites (tertiary alicyclic amines) is 1. The molecule has 2 aromatic rings. The van der Waals surface area contributed by atoms with E-state index in [2.05, 4.69) is 20.6 Å². The number of carbonyl (C=O) groups is 2. The van der Waals surface area contributed by atoms with E-state index >= 15 is 0 Å². The number of hydrogen-bond acceptors (Lipinski definition) is 6. The van der Waals surface area contributed by atoms with Gasteiger partial charge in [0.15, 0.2) is 0 Å². The molecule has 28 heavy (non-hydrogen) atoms. The molecule has 0 aromatic carbocycles. The van der Waals surface area contributed by atoms with Crippen molar-refractivity contribution in [3.63, 3.8) is 0 Å². The van der Waals surface area contributed by atoms with E-state index in [1.54, 1.807) is 42.5 Å². The Balaban J connectivity index is 1.50. The third-order valence-electron chi connectivity index (χ3n) is 4.60. The van der Waals surface area contributed by atoms with Gasteiger partial charge in [-0.15, -0.1) is 0 Å². The van der Waals surface area contributed by atoms with Crippen molar-refractivity contribution in [1.29, 1.82) is 0 Å². The fourth-order valence-electron chi connectivity index (χ4n) is 3.05. The number of ether oxygens (including phenoxy) is 1. The normalized spacial score (nSPS) is 14.4. The van der Waals surface area contributed by atoms with Crippen LogP contribution in [0.3, 0.4) is 0 Å². The molecule has 2 N–H and O–H groups in total. The molecule has 0 unspecified atom stereocenters. The summed E-state index contributed by atoms with van der Waals surface area (Å²) in [6.45, 7) is 3.93. The largest absolute Gasteiger partial charge is 0.450 e. The topological polar surface area (TPSA) is 96.5 Å². The number of anilines is 1. The molecule has 8 nitrogen and oxygen atoms in total. The molecule has 0 spiro atoms. The molecule has 1 aliphatic rings. The molecule has 3 rings (SSSR count). The maximum absolute atomic E-state index is 12.6. The highest BCUT2D eigenvalue weighted by Crippen LogP contribution is 2.14. The lowest BCUT2D eigenvalue weighted by molar-refractivity contribution is 0.0860. The molecule has 8 heteroatoms. The van der Waals surface area contributed by atoms with Crippen LogP contribution in [0.5, 0.6) is 0 Å². The molecule has 1 fully saturated rings. The van der Waals surface area contributed by atoms with E-state index in [1.807, 2.05) is 12.1 Å². The van der Waals surface area contributed by atoms with Gasteiger partial charge in [-0.1, -0.05) is 0 Å². The summed E-state index contributed by atoms with van der Waals surface area (Å²) in [6, 6.07) is 7.32. The third kappa shape index (κ3) is 5.42. The molecule has 148 valence electrons.